The van der Waals surface area contributed by atoms with Crippen LogP contribution < -0.4 is 5.32 Å². The average molecular weight is 291 g/mol. The molecule has 118 valence electrons. The van der Waals surface area contributed by atoms with Crippen LogP contribution in [0.25, 0.3) is 0 Å². The van der Waals surface area contributed by atoms with Gasteiger partial charge in [-0.05, 0) is 30.0 Å². The van der Waals surface area contributed by atoms with Gasteiger partial charge in [-0.3, -0.25) is 4.98 Å². The Morgan fingerprint density at radius 2 is 1.86 bits per heavy atom. The molecule has 0 atom stereocenters. The van der Waals surface area contributed by atoms with Gasteiger partial charge < -0.3 is 10.2 Å². The van der Waals surface area contributed by atoms with Gasteiger partial charge in [0.1, 0.15) is 0 Å². The Balaban J connectivity index is 2.08. The zero-order valence-electron chi connectivity index (χ0n) is 13.6. The van der Waals surface area contributed by atoms with Gasteiger partial charge in [0.15, 0.2) is 0 Å². The fraction of sp³-hybridized carbons (Fsp3) is 0.647. The molecule has 0 bridgehead atoms. The predicted molar refractivity (Wildman–Crippen MR) is 87.0 cm³/mol. The summed E-state index contributed by atoms with van der Waals surface area (Å²) in [6, 6.07) is 3.85. The summed E-state index contributed by atoms with van der Waals surface area (Å²) in [5, 5.41) is 2.97. The molecule has 0 aliphatic heterocycles. The lowest BCUT2D eigenvalue weighted by Crippen LogP contribution is -2.37. The van der Waals surface area contributed by atoms with Crippen molar-refractivity contribution in [2.24, 2.45) is 5.92 Å². The first-order valence-electron chi connectivity index (χ1n) is 7.97. The number of unbranched alkanes of at least 4 members (excludes halogenated alkanes) is 3. The molecule has 1 N–H and O–H groups in total. The number of urea groups is 1. The van der Waals surface area contributed by atoms with E-state index < -0.39 is 0 Å². The standard InChI is InChI=1S/C17H29N3O/c1-15(2)8-6-4-5-7-11-19-17(21)20(3)14-16-9-12-18-13-10-16/h9-10,12-13,15H,4-8,11,14H2,1-3H3,(H,19,21). The predicted octanol–water partition coefficient (Wildman–Crippen LogP) is 3.83. The fourth-order valence-corrected chi connectivity index (χ4v) is 2.20. The van der Waals surface area contributed by atoms with Gasteiger partial charge in [-0.25, -0.2) is 4.79 Å². The first-order chi connectivity index (χ1) is 10.1. The smallest absolute Gasteiger partial charge is 0.317 e. The van der Waals surface area contributed by atoms with Crippen LogP contribution in [-0.2, 0) is 6.54 Å². The van der Waals surface area contributed by atoms with Crippen LogP contribution >= 0.6 is 0 Å². The summed E-state index contributed by atoms with van der Waals surface area (Å²) in [5.74, 6) is 0.798. The van der Waals surface area contributed by atoms with Gasteiger partial charge >= 0.3 is 6.03 Å². The minimum Gasteiger partial charge on any atom is -0.338 e. The van der Waals surface area contributed by atoms with Gasteiger partial charge in [-0.1, -0.05) is 39.5 Å². The number of nitrogens with zero attached hydrogens (tertiary/aromatic N) is 2. The highest BCUT2D eigenvalue weighted by molar-refractivity contribution is 5.73. The molecule has 4 nitrogen and oxygen atoms in total. The molecule has 0 saturated carbocycles. The van der Waals surface area contributed by atoms with Gasteiger partial charge in [0.05, 0.1) is 0 Å². The van der Waals surface area contributed by atoms with Crippen LogP contribution in [0.3, 0.4) is 0 Å². The molecule has 0 radical (unpaired) electrons. The lowest BCUT2D eigenvalue weighted by molar-refractivity contribution is 0.206. The van der Waals surface area contributed by atoms with E-state index >= 15 is 0 Å². The average Bonchev–Trinajstić information content (AvgIpc) is 2.46. The van der Waals surface area contributed by atoms with E-state index in [2.05, 4.69) is 24.1 Å². The molecule has 0 aliphatic carbocycles. The normalized spacial score (nSPS) is 10.7. The first-order valence-corrected chi connectivity index (χ1v) is 7.97. The number of aromatic nitrogens is 1. The van der Waals surface area contributed by atoms with Gasteiger partial charge in [-0.15, -0.1) is 0 Å². The van der Waals surface area contributed by atoms with Crippen LogP contribution in [0.5, 0.6) is 0 Å². The molecule has 2 amide bonds. The van der Waals surface area contributed by atoms with Crippen molar-refractivity contribution in [2.45, 2.75) is 52.5 Å². The number of hydrogen-bond acceptors (Lipinski definition) is 2. The molecular formula is C17H29N3O. The van der Waals surface area contributed by atoms with E-state index in [1.165, 1.54) is 25.7 Å². The second-order valence-electron chi connectivity index (χ2n) is 6.04. The minimum absolute atomic E-state index is 0.00556. The van der Waals surface area contributed by atoms with Crippen molar-refractivity contribution in [2.75, 3.05) is 13.6 Å². The van der Waals surface area contributed by atoms with E-state index in [1.807, 2.05) is 19.2 Å². The molecule has 0 fully saturated rings. The zero-order valence-corrected chi connectivity index (χ0v) is 13.6. The maximum Gasteiger partial charge on any atom is 0.317 e. The lowest BCUT2D eigenvalue weighted by Gasteiger charge is -2.18. The Bertz CT molecular complexity index is 392. The molecule has 0 aromatic carbocycles. The van der Waals surface area contributed by atoms with Crippen LogP contribution in [-0.4, -0.2) is 29.5 Å². The van der Waals surface area contributed by atoms with Crippen molar-refractivity contribution < 1.29 is 4.79 Å². The summed E-state index contributed by atoms with van der Waals surface area (Å²) in [4.78, 5) is 17.6. The van der Waals surface area contributed by atoms with E-state index in [0.717, 1.165) is 24.4 Å². The second-order valence-corrected chi connectivity index (χ2v) is 6.04. The highest BCUT2D eigenvalue weighted by atomic mass is 16.2. The molecule has 21 heavy (non-hydrogen) atoms. The number of carbonyl (C=O) groups is 1. The van der Waals surface area contributed by atoms with Crippen LogP contribution in [0.1, 0.15) is 51.5 Å². The quantitative estimate of drug-likeness (QED) is 0.703. The summed E-state index contributed by atoms with van der Waals surface area (Å²) in [6.07, 6.45) is 9.62. The number of hydrogen-bond donors (Lipinski definition) is 1. The summed E-state index contributed by atoms with van der Waals surface area (Å²) in [5.41, 5.74) is 1.09. The Morgan fingerprint density at radius 1 is 1.19 bits per heavy atom. The molecule has 1 aromatic heterocycles. The van der Waals surface area contributed by atoms with Crippen LogP contribution in [0.15, 0.2) is 24.5 Å². The number of carbonyl (C=O) groups excluding carboxylic acids is 1. The second kappa shape index (κ2) is 10.2. The Hall–Kier alpha value is -1.58. The molecule has 1 rings (SSSR count). The van der Waals surface area contributed by atoms with E-state index in [0.29, 0.717) is 6.54 Å². The summed E-state index contributed by atoms with van der Waals surface area (Å²) in [6.45, 7) is 5.90. The van der Waals surface area contributed by atoms with Crippen LogP contribution in [0.2, 0.25) is 0 Å². The molecule has 0 aliphatic rings. The van der Waals surface area contributed by atoms with E-state index in [1.54, 1.807) is 17.3 Å². The highest BCUT2D eigenvalue weighted by Crippen LogP contribution is 2.09. The number of pyridine rings is 1. The topological polar surface area (TPSA) is 45.2 Å². The van der Waals surface area contributed by atoms with Crippen molar-refractivity contribution in [1.29, 1.82) is 0 Å². The Kier molecular flexibility index (Phi) is 8.48. The van der Waals surface area contributed by atoms with Crippen molar-refractivity contribution in [3.05, 3.63) is 30.1 Å². The molecule has 0 unspecified atom stereocenters. The molecular weight excluding hydrogens is 262 g/mol. The SMILES string of the molecule is CC(C)CCCCCCNC(=O)N(C)Cc1ccncc1. The molecule has 1 heterocycles. The van der Waals surface area contributed by atoms with Crippen LogP contribution in [0.4, 0.5) is 4.79 Å². The van der Waals surface area contributed by atoms with Crippen molar-refractivity contribution >= 4 is 6.03 Å². The van der Waals surface area contributed by atoms with Gasteiger partial charge in [-0.2, -0.15) is 0 Å². The third kappa shape index (κ3) is 8.33. The maximum absolute atomic E-state index is 11.9. The Morgan fingerprint density at radius 3 is 2.52 bits per heavy atom. The summed E-state index contributed by atoms with van der Waals surface area (Å²) in [7, 11) is 1.82. The summed E-state index contributed by atoms with van der Waals surface area (Å²) >= 11 is 0. The maximum atomic E-state index is 11.9. The third-order valence-corrected chi connectivity index (χ3v) is 3.50. The molecule has 1 aromatic rings. The molecule has 4 heteroatoms. The van der Waals surface area contributed by atoms with E-state index in [4.69, 9.17) is 0 Å². The third-order valence-electron chi connectivity index (χ3n) is 3.50. The molecule has 0 spiro atoms. The van der Waals surface area contributed by atoms with E-state index in [-0.39, 0.29) is 6.03 Å². The zero-order chi connectivity index (χ0) is 15.5. The van der Waals surface area contributed by atoms with Crippen molar-refractivity contribution in [3.63, 3.8) is 0 Å². The first kappa shape index (κ1) is 17.5. The van der Waals surface area contributed by atoms with E-state index in [9.17, 15) is 4.79 Å². The monoisotopic (exact) mass is 291 g/mol. The number of nitrogens with one attached hydrogen (secondary N) is 1. The van der Waals surface area contributed by atoms with Gasteiger partial charge in [0.25, 0.3) is 0 Å². The van der Waals surface area contributed by atoms with Gasteiger partial charge in [0, 0.05) is 32.5 Å². The van der Waals surface area contributed by atoms with Crippen molar-refractivity contribution in [1.82, 2.24) is 15.2 Å². The van der Waals surface area contributed by atoms with Gasteiger partial charge in [0.2, 0.25) is 0 Å². The summed E-state index contributed by atoms with van der Waals surface area (Å²) < 4.78 is 0. The molecule has 0 saturated heterocycles. The minimum atomic E-state index is -0.00556. The largest absolute Gasteiger partial charge is 0.338 e. The van der Waals surface area contributed by atoms with Crippen LogP contribution in [0, 0.1) is 5.92 Å². The lowest BCUT2D eigenvalue weighted by atomic mass is 10.0. The number of rotatable bonds is 9. The fourth-order valence-electron chi connectivity index (χ4n) is 2.20. The number of amides is 2. The Labute approximate surface area is 129 Å². The highest BCUT2D eigenvalue weighted by Gasteiger charge is 2.07. The van der Waals surface area contributed by atoms with Crippen molar-refractivity contribution in [3.8, 4) is 0 Å².